The summed E-state index contributed by atoms with van der Waals surface area (Å²) >= 11 is 11.0. The van der Waals surface area contributed by atoms with Crippen molar-refractivity contribution in [1.29, 1.82) is 0 Å². The van der Waals surface area contributed by atoms with Crippen LogP contribution < -0.4 is 0 Å². The number of hydrogen-bond acceptors (Lipinski definition) is 2. The highest BCUT2D eigenvalue weighted by molar-refractivity contribution is 6.37. The number of benzene rings is 1. The fraction of sp³-hybridized carbons (Fsp3) is 0.200. The summed E-state index contributed by atoms with van der Waals surface area (Å²) in [4.78, 5) is 22.1. The van der Waals surface area contributed by atoms with Gasteiger partial charge in [-0.1, -0.05) is 23.2 Å². The monoisotopic (exact) mass is 284 g/mol. The number of carbonyl (C=O) groups is 2. The van der Waals surface area contributed by atoms with Gasteiger partial charge in [-0.2, -0.15) is 0 Å². The van der Waals surface area contributed by atoms with Crippen LogP contribution in [0.4, 0.5) is 13.2 Å². The Kier molecular flexibility index (Phi) is 4.54. The fourth-order valence-corrected chi connectivity index (χ4v) is 1.56. The number of halogens is 5. The molecule has 0 aliphatic carbocycles. The number of alkyl halides is 2. The van der Waals surface area contributed by atoms with Gasteiger partial charge < -0.3 is 0 Å². The van der Waals surface area contributed by atoms with E-state index >= 15 is 0 Å². The summed E-state index contributed by atoms with van der Waals surface area (Å²) < 4.78 is 36.9. The van der Waals surface area contributed by atoms with Gasteiger partial charge in [0, 0.05) is 5.56 Å². The third-order valence-corrected chi connectivity index (χ3v) is 2.49. The van der Waals surface area contributed by atoms with E-state index in [9.17, 15) is 22.8 Å². The first kappa shape index (κ1) is 14.0. The van der Waals surface area contributed by atoms with Crippen LogP contribution in [0, 0.1) is 5.82 Å². The minimum Gasteiger partial charge on any atom is -0.294 e. The maximum Gasteiger partial charge on any atom is 0.296 e. The van der Waals surface area contributed by atoms with Crippen molar-refractivity contribution in [2.45, 2.75) is 12.8 Å². The lowest BCUT2D eigenvalue weighted by atomic mass is 10.1. The minimum absolute atomic E-state index is 0.191. The van der Waals surface area contributed by atoms with E-state index in [1.165, 1.54) is 0 Å². The van der Waals surface area contributed by atoms with Crippen LogP contribution in [0.2, 0.25) is 10.0 Å². The normalized spacial score (nSPS) is 10.7. The Hall–Kier alpha value is -1.07. The summed E-state index contributed by atoms with van der Waals surface area (Å²) in [5.74, 6) is -3.43. The quantitative estimate of drug-likeness (QED) is 0.481. The molecule has 1 rings (SSSR count). The maximum atomic E-state index is 13.0. The van der Waals surface area contributed by atoms with Crippen LogP contribution in [-0.2, 0) is 4.79 Å². The highest BCUT2D eigenvalue weighted by Crippen LogP contribution is 2.25. The van der Waals surface area contributed by atoms with E-state index in [1.54, 1.807) is 0 Å². The Labute approximate surface area is 104 Å². The van der Waals surface area contributed by atoms with Crippen molar-refractivity contribution in [3.63, 3.8) is 0 Å². The minimum atomic E-state index is -3.24. The third-order valence-electron chi connectivity index (χ3n) is 1.89. The van der Waals surface area contributed by atoms with E-state index in [-0.39, 0.29) is 15.6 Å². The topological polar surface area (TPSA) is 34.1 Å². The average molecular weight is 285 g/mol. The van der Waals surface area contributed by atoms with Crippen molar-refractivity contribution in [3.8, 4) is 0 Å². The van der Waals surface area contributed by atoms with Gasteiger partial charge in [-0.15, -0.1) is 0 Å². The smallest absolute Gasteiger partial charge is 0.294 e. The Balaban J connectivity index is 2.97. The molecule has 0 fully saturated rings. The van der Waals surface area contributed by atoms with Gasteiger partial charge in [0.1, 0.15) is 5.82 Å². The van der Waals surface area contributed by atoms with Crippen molar-refractivity contribution in [2.75, 3.05) is 0 Å². The van der Waals surface area contributed by atoms with E-state index in [0.717, 1.165) is 6.07 Å². The predicted molar refractivity (Wildman–Crippen MR) is 56.4 cm³/mol. The van der Waals surface area contributed by atoms with E-state index in [4.69, 9.17) is 23.2 Å². The van der Waals surface area contributed by atoms with Gasteiger partial charge in [-0.3, -0.25) is 9.59 Å². The van der Waals surface area contributed by atoms with Gasteiger partial charge in [-0.25, -0.2) is 13.2 Å². The van der Waals surface area contributed by atoms with Crippen LogP contribution >= 0.6 is 23.2 Å². The van der Waals surface area contributed by atoms with Crippen molar-refractivity contribution in [3.05, 3.63) is 33.6 Å². The number of Topliss-reactive ketones (excluding diaryl/α,β-unsaturated/α-hetero) is 2. The summed E-state index contributed by atoms with van der Waals surface area (Å²) in [6, 6.07) is 1.68. The first-order valence-corrected chi connectivity index (χ1v) is 5.07. The molecule has 0 spiro atoms. The Morgan fingerprint density at radius 3 is 2.29 bits per heavy atom. The summed E-state index contributed by atoms with van der Waals surface area (Å²) in [5.41, 5.74) is -0.345. The molecule has 0 saturated carbocycles. The zero-order valence-corrected chi connectivity index (χ0v) is 9.66. The molecule has 0 bridgehead atoms. The Bertz CT molecular complexity index is 475. The molecule has 0 atom stereocenters. The molecule has 17 heavy (non-hydrogen) atoms. The predicted octanol–water partition coefficient (Wildman–Crippen LogP) is 3.54. The van der Waals surface area contributed by atoms with Crippen LogP contribution in [0.1, 0.15) is 16.8 Å². The largest absolute Gasteiger partial charge is 0.296 e. The number of carbonyl (C=O) groups excluding carboxylic acids is 2. The molecule has 92 valence electrons. The Morgan fingerprint density at radius 2 is 1.76 bits per heavy atom. The molecular formula is C10H5Cl2F3O2. The van der Waals surface area contributed by atoms with Crippen LogP contribution in [0.25, 0.3) is 0 Å². The molecule has 1 aromatic carbocycles. The highest BCUT2D eigenvalue weighted by Gasteiger charge is 2.22. The van der Waals surface area contributed by atoms with Crippen molar-refractivity contribution in [2.24, 2.45) is 0 Å². The zero-order chi connectivity index (χ0) is 13.2. The molecule has 2 nitrogen and oxygen atoms in total. The van der Waals surface area contributed by atoms with E-state index in [2.05, 4.69) is 0 Å². The molecule has 0 saturated heterocycles. The molecule has 0 aromatic heterocycles. The lowest BCUT2D eigenvalue weighted by Crippen LogP contribution is -2.15. The molecule has 0 unspecified atom stereocenters. The van der Waals surface area contributed by atoms with Crippen LogP contribution in [0.15, 0.2) is 12.1 Å². The first-order chi connectivity index (χ1) is 7.82. The second-order valence-corrected chi connectivity index (χ2v) is 3.93. The molecule has 0 amide bonds. The van der Waals surface area contributed by atoms with Crippen molar-refractivity contribution in [1.82, 2.24) is 0 Å². The summed E-state index contributed by atoms with van der Waals surface area (Å²) in [6.07, 6.45) is -4.27. The molecule has 0 aliphatic heterocycles. The fourth-order valence-electron chi connectivity index (χ4n) is 1.07. The lowest BCUT2D eigenvalue weighted by Gasteiger charge is -2.04. The average Bonchev–Trinajstić information content (AvgIpc) is 2.22. The SMILES string of the molecule is O=C(CC(=O)C(F)F)c1cc(F)c(Cl)cc1Cl. The number of ketones is 2. The maximum absolute atomic E-state index is 13.0. The Morgan fingerprint density at radius 1 is 1.18 bits per heavy atom. The van der Waals surface area contributed by atoms with E-state index in [0.29, 0.717) is 6.07 Å². The molecule has 0 heterocycles. The van der Waals surface area contributed by atoms with Gasteiger partial charge in [0.05, 0.1) is 16.5 Å². The zero-order valence-electron chi connectivity index (χ0n) is 8.15. The number of hydrogen-bond donors (Lipinski definition) is 0. The standard InChI is InChI=1S/C10H5Cl2F3O2/c11-5-2-6(12)7(13)1-4(5)8(16)3-9(17)10(14)15/h1-2,10H,3H2. The second-order valence-electron chi connectivity index (χ2n) is 3.11. The first-order valence-electron chi connectivity index (χ1n) is 4.31. The molecule has 1 aromatic rings. The van der Waals surface area contributed by atoms with Crippen molar-refractivity contribution >= 4 is 34.8 Å². The van der Waals surface area contributed by atoms with Gasteiger partial charge in [-0.05, 0) is 12.1 Å². The number of rotatable bonds is 4. The molecular weight excluding hydrogens is 280 g/mol. The van der Waals surface area contributed by atoms with Gasteiger partial charge in [0.2, 0.25) is 5.78 Å². The van der Waals surface area contributed by atoms with Crippen LogP contribution in [0.5, 0.6) is 0 Å². The second kappa shape index (κ2) is 5.51. The molecule has 0 N–H and O–H groups in total. The van der Waals surface area contributed by atoms with E-state index < -0.39 is 30.2 Å². The highest BCUT2D eigenvalue weighted by atomic mass is 35.5. The summed E-state index contributed by atoms with van der Waals surface area (Å²) in [6.45, 7) is 0. The molecule has 7 heteroatoms. The van der Waals surface area contributed by atoms with Gasteiger partial charge >= 0.3 is 0 Å². The van der Waals surface area contributed by atoms with Crippen LogP contribution in [0.3, 0.4) is 0 Å². The van der Waals surface area contributed by atoms with E-state index in [1.807, 2.05) is 0 Å². The van der Waals surface area contributed by atoms with Gasteiger partial charge in [0.25, 0.3) is 6.43 Å². The summed E-state index contributed by atoms with van der Waals surface area (Å²) in [7, 11) is 0. The van der Waals surface area contributed by atoms with Gasteiger partial charge in [0.15, 0.2) is 5.78 Å². The molecule has 0 aliphatic rings. The third kappa shape index (κ3) is 3.44. The van der Waals surface area contributed by atoms with Crippen molar-refractivity contribution < 1.29 is 22.8 Å². The lowest BCUT2D eigenvalue weighted by molar-refractivity contribution is -0.128. The summed E-state index contributed by atoms with van der Waals surface area (Å²) in [5, 5.41) is -0.491. The van der Waals surface area contributed by atoms with Crippen LogP contribution in [-0.4, -0.2) is 18.0 Å². The molecule has 0 radical (unpaired) electrons.